The summed E-state index contributed by atoms with van der Waals surface area (Å²) < 4.78 is 3.52. The van der Waals surface area contributed by atoms with E-state index in [-0.39, 0.29) is 11.3 Å². The minimum Gasteiger partial charge on any atom is -0.304 e. The van der Waals surface area contributed by atoms with Gasteiger partial charge in [-0.2, -0.15) is 5.10 Å². The van der Waals surface area contributed by atoms with Gasteiger partial charge in [-0.3, -0.25) is 13.9 Å². The first-order chi connectivity index (χ1) is 13.3. The van der Waals surface area contributed by atoms with Gasteiger partial charge in [-0.15, -0.1) is 0 Å². The highest BCUT2D eigenvalue weighted by Crippen LogP contribution is 2.29. The highest BCUT2D eigenvalue weighted by Gasteiger charge is 2.23. The Morgan fingerprint density at radius 1 is 1.04 bits per heavy atom. The second-order valence-electron chi connectivity index (χ2n) is 7.85. The second-order valence-corrected chi connectivity index (χ2v) is 7.85. The molecule has 3 heterocycles. The molecular weight excluding hydrogens is 350 g/mol. The van der Waals surface area contributed by atoms with Crippen molar-refractivity contribution in [3.8, 4) is 11.3 Å². The van der Waals surface area contributed by atoms with Gasteiger partial charge >= 0.3 is 0 Å². The molecule has 0 fully saturated rings. The molecule has 6 heteroatoms. The average molecular weight is 373 g/mol. The Hall–Kier alpha value is -3.41. The molecule has 1 aromatic carbocycles. The van der Waals surface area contributed by atoms with Crippen molar-refractivity contribution < 1.29 is 4.79 Å². The number of anilines is 1. The fourth-order valence-electron chi connectivity index (χ4n) is 3.13. The minimum absolute atomic E-state index is 0.130. The lowest BCUT2D eigenvalue weighted by molar-refractivity contribution is 0.101. The number of benzene rings is 1. The van der Waals surface area contributed by atoms with Crippen molar-refractivity contribution >= 4 is 17.4 Å². The molecule has 0 spiro atoms. The topological polar surface area (TPSA) is 64.2 Å². The number of nitrogens with zero attached hydrogens (tertiary/aromatic N) is 4. The third-order valence-electron chi connectivity index (χ3n) is 4.69. The van der Waals surface area contributed by atoms with Crippen molar-refractivity contribution in [3.05, 3.63) is 72.2 Å². The molecule has 6 nitrogen and oxygen atoms in total. The smallest absolute Gasteiger partial charge is 0.275 e. The maximum Gasteiger partial charge on any atom is 0.275 e. The Morgan fingerprint density at radius 3 is 2.43 bits per heavy atom. The number of rotatable bonds is 3. The van der Waals surface area contributed by atoms with Gasteiger partial charge < -0.3 is 5.32 Å². The van der Waals surface area contributed by atoms with Crippen LogP contribution in [0.15, 0.2) is 60.8 Å². The summed E-state index contributed by atoms with van der Waals surface area (Å²) in [5.74, 6) is 0.429. The van der Waals surface area contributed by atoms with Crippen LogP contribution in [-0.2, 0) is 12.5 Å². The second kappa shape index (κ2) is 6.64. The molecule has 0 aliphatic heterocycles. The summed E-state index contributed by atoms with van der Waals surface area (Å²) in [4.78, 5) is 17.8. The summed E-state index contributed by atoms with van der Waals surface area (Å²) in [7, 11) is 1.79. The lowest BCUT2D eigenvalue weighted by atomic mass is 9.92. The minimum atomic E-state index is -0.215. The maximum absolute atomic E-state index is 13.1. The van der Waals surface area contributed by atoms with Gasteiger partial charge in [-0.25, -0.2) is 4.98 Å². The van der Waals surface area contributed by atoms with Crippen LogP contribution in [0.25, 0.3) is 16.9 Å². The molecule has 142 valence electrons. The summed E-state index contributed by atoms with van der Waals surface area (Å²) in [5, 5.41) is 7.56. The molecule has 4 aromatic rings. The van der Waals surface area contributed by atoms with Crippen molar-refractivity contribution in [2.24, 2.45) is 7.05 Å². The lowest BCUT2D eigenvalue weighted by Gasteiger charge is -2.13. The summed E-state index contributed by atoms with van der Waals surface area (Å²) in [5.41, 5.74) is 3.71. The van der Waals surface area contributed by atoms with Crippen LogP contribution in [0.3, 0.4) is 0 Å². The predicted octanol–water partition coefficient (Wildman–Crippen LogP) is 4.28. The first-order valence-electron chi connectivity index (χ1n) is 9.23. The molecule has 3 aromatic heterocycles. The van der Waals surface area contributed by atoms with Gasteiger partial charge in [-0.05, 0) is 18.2 Å². The summed E-state index contributed by atoms with van der Waals surface area (Å²) in [6.45, 7) is 6.24. The summed E-state index contributed by atoms with van der Waals surface area (Å²) in [6, 6.07) is 17.5. The van der Waals surface area contributed by atoms with Crippen LogP contribution in [0.1, 0.15) is 37.0 Å². The van der Waals surface area contributed by atoms with Crippen molar-refractivity contribution in [1.82, 2.24) is 19.2 Å². The van der Waals surface area contributed by atoms with E-state index >= 15 is 0 Å². The third-order valence-corrected chi connectivity index (χ3v) is 4.69. The van der Waals surface area contributed by atoms with E-state index in [0.717, 1.165) is 22.6 Å². The fraction of sp³-hybridized carbons (Fsp3) is 0.227. The molecule has 0 radical (unpaired) electrons. The molecule has 1 N–H and O–H groups in total. The molecule has 1 amide bonds. The van der Waals surface area contributed by atoms with Gasteiger partial charge in [-0.1, -0.05) is 57.2 Å². The molecule has 0 aliphatic rings. The van der Waals surface area contributed by atoms with Gasteiger partial charge in [0.15, 0.2) is 0 Å². The van der Waals surface area contributed by atoms with E-state index in [1.807, 2.05) is 65.2 Å². The van der Waals surface area contributed by atoms with Crippen LogP contribution in [0.2, 0.25) is 0 Å². The number of hydrogen-bond acceptors (Lipinski definition) is 3. The Morgan fingerprint density at radius 2 is 1.75 bits per heavy atom. The van der Waals surface area contributed by atoms with E-state index in [1.165, 1.54) is 0 Å². The van der Waals surface area contributed by atoms with Gasteiger partial charge in [0.1, 0.15) is 22.9 Å². The summed E-state index contributed by atoms with van der Waals surface area (Å²) >= 11 is 0. The molecule has 28 heavy (non-hydrogen) atoms. The summed E-state index contributed by atoms with van der Waals surface area (Å²) in [6.07, 6.45) is 1.90. The van der Waals surface area contributed by atoms with Crippen LogP contribution < -0.4 is 5.32 Å². The van der Waals surface area contributed by atoms with E-state index in [9.17, 15) is 4.79 Å². The average Bonchev–Trinajstić information content (AvgIpc) is 3.24. The van der Waals surface area contributed by atoms with Crippen LogP contribution in [-0.4, -0.2) is 25.1 Å². The van der Waals surface area contributed by atoms with Gasteiger partial charge in [0.2, 0.25) is 0 Å². The zero-order valence-corrected chi connectivity index (χ0v) is 16.5. The Labute approximate surface area is 163 Å². The zero-order valence-electron chi connectivity index (χ0n) is 16.5. The number of aryl methyl sites for hydroxylation is 1. The number of carbonyl (C=O) groups is 1. The largest absolute Gasteiger partial charge is 0.304 e. The SMILES string of the molecule is Cn1nc(C(C)(C)C)cc1C(=O)Nc1c(-c2ccccc2)nc2ccccn12. The molecule has 0 unspecified atom stereocenters. The Kier molecular flexibility index (Phi) is 4.26. The molecule has 0 atom stereocenters. The number of pyridine rings is 1. The maximum atomic E-state index is 13.1. The standard InChI is InChI=1S/C22H23N5O/c1-22(2,3)17-14-16(26(4)25-17)21(28)24-20-19(15-10-6-5-7-11-15)23-18-12-8-9-13-27(18)20/h5-14H,1-4H3,(H,24,28). The van der Waals surface area contributed by atoms with E-state index in [4.69, 9.17) is 4.98 Å². The fourth-order valence-corrected chi connectivity index (χ4v) is 3.13. The molecular formula is C22H23N5O. The quantitative estimate of drug-likeness (QED) is 0.583. The van der Waals surface area contributed by atoms with Crippen LogP contribution in [0.4, 0.5) is 5.82 Å². The number of carbonyl (C=O) groups excluding carboxylic acids is 1. The molecule has 0 saturated carbocycles. The lowest BCUT2D eigenvalue weighted by Crippen LogP contribution is -2.17. The van der Waals surface area contributed by atoms with Crippen molar-refractivity contribution in [3.63, 3.8) is 0 Å². The normalized spacial score (nSPS) is 11.7. The van der Waals surface area contributed by atoms with E-state index in [1.54, 1.807) is 11.7 Å². The predicted molar refractivity (Wildman–Crippen MR) is 110 cm³/mol. The number of nitrogens with one attached hydrogen (secondary N) is 1. The van der Waals surface area contributed by atoms with Crippen LogP contribution in [0, 0.1) is 0 Å². The molecule has 4 rings (SSSR count). The number of hydrogen-bond donors (Lipinski definition) is 1. The van der Waals surface area contributed by atoms with Gasteiger partial charge in [0.05, 0.1) is 5.69 Å². The van der Waals surface area contributed by atoms with Crippen molar-refractivity contribution in [2.45, 2.75) is 26.2 Å². The number of fused-ring (bicyclic) bond motifs is 1. The highest BCUT2D eigenvalue weighted by atomic mass is 16.2. The van der Waals surface area contributed by atoms with E-state index in [2.05, 4.69) is 31.2 Å². The van der Waals surface area contributed by atoms with E-state index < -0.39 is 0 Å². The molecule has 0 saturated heterocycles. The first-order valence-corrected chi connectivity index (χ1v) is 9.23. The molecule has 0 bridgehead atoms. The number of amides is 1. The van der Waals surface area contributed by atoms with Gasteiger partial charge in [0.25, 0.3) is 5.91 Å². The van der Waals surface area contributed by atoms with Crippen LogP contribution in [0.5, 0.6) is 0 Å². The van der Waals surface area contributed by atoms with Crippen LogP contribution >= 0.6 is 0 Å². The monoisotopic (exact) mass is 373 g/mol. The zero-order chi connectivity index (χ0) is 19.9. The number of imidazole rings is 1. The van der Waals surface area contributed by atoms with Crippen molar-refractivity contribution in [1.29, 1.82) is 0 Å². The Balaban J connectivity index is 1.78. The first kappa shape index (κ1) is 18.0. The number of aromatic nitrogens is 4. The van der Waals surface area contributed by atoms with E-state index in [0.29, 0.717) is 11.5 Å². The van der Waals surface area contributed by atoms with Gasteiger partial charge in [0, 0.05) is 24.2 Å². The Bertz CT molecular complexity index is 1150. The van der Waals surface area contributed by atoms with Crippen molar-refractivity contribution in [2.75, 3.05) is 5.32 Å². The molecule has 0 aliphatic carbocycles. The third kappa shape index (κ3) is 3.17. The highest BCUT2D eigenvalue weighted by molar-refractivity contribution is 6.04.